The van der Waals surface area contributed by atoms with E-state index in [9.17, 15) is 13.2 Å². The van der Waals surface area contributed by atoms with E-state index >= 15 is 0 Å². The number of ether oxygens (including phenoxy) is 1. The summed E-state index contributed by atoms with van der Waals surface area (Å²) in [5.41, 5.74) is 4.16. The number of allylic oxidation sites excluding steroid dienone is 8. The second-order valence-corrected chi connectivity index (χ2v) is 8.26. The third-order valence-corrected chi connectivity index (χ3v) is 6.27. The van der Waals surface area contributed by atoms with Crippen LogP contribution in [-0.4, -0.2) is 19.5 Å². The van der Waals surface area contributed by atoms with Gasteiger partial charge in [-0.05, 0) is 72.1 Å². The molecule has 0 spiro atoms. The monoisotopic (exact) mass is 436 g/mol. The lowest BCUT2D eigenvalue weighted by Crippen LogP contribution is -2.24. The molecule has 0 saturated carbocycles. The van der Waals surface area contributed by atoms with Crippen molar-refractivity contribution in [2.24, 2.45) is 5.92 Å². The molecule has 3 unspecified atom stereocenters. The van der Waals surface area contributed by atoms with Crippen LogP contribution < -0.4 is 0 Å². The molecule has 3 atom stereocenters. The van der Waals surface area contributed by atoms with E-state index in [0.29, 0.717) is 17.0 Å². The van der Waals surface area contributed by atoms with Gasteiger partial charge in [0, 0.05) is 5.56 Å². The Morgan fingerprint density at radius 2 is 1.66 bits per heavy atom. The maximum absolute atomic E-state index is 14.9. The molecule has 4 heteroatoms. The first kappa shape index (κ1) is 22.2. The summed E-state index contributed by atoms with van der Waals surface area (Å²) in [5, 5.41) is 0. The molecule has 0 fully saturated rings. The molecule has 0 saturated heterocycles. The second-order valence-electron chi connectivity index (χ2n) is 8.26. The minimum Gasteiger partial charge on any atom is -0.498 e. The van der Waals surface area contributed by atoms with Gasteiger partial charge in [-0.25, -0.2) is 13.2 Å². The Morgan fingerprint density at radius 3 is 2.28 bits per heavy atom. The smallest absolute Gasteiger partial charge is 0.192 e. The van der Waals surface area contributed by atoms with E-state index in [-0.39, 0.29) is 17.1 Å². The summed E-state index contributed by atoms with van der Waals surface area (Å²) in [7, 11) is 1.33. The number of halogens is 3. The zero-order valence-corrected chi connectivity index (χ0v) is 18.3. The number of hydrogen-bond donors (Lipinski definition) is 0. The van der Waals surface area contributed by atoms with E-state index in [4.69, 9.17) is 4.74 Å². The third kappa shape index (κ3) is 4.45. The molecule has 0 aromatic heterocycles. The summed E-state index contributed by atoms with van der Waals surface area (Å²) >= 11 is 0. The quantitative estimate of drug-likeness (QED) is 0.434. The predicted octanol–water partition coefficient (Wildman–Crippen LogP) is 7.86. The Kier molecular flexibility index (Phi) is 6.69. The lowest BCUT2D eigenvalue weighted by atomic mass is 9.86. The van der Waals surface area contributed by atoms with Crippen molar-refractivity contribution in [3.8, 4) is 11.1 Å². The van der Waals surface area contributed by atoms with Gasteiger partial charge in [0.2, 0.25) is 0 Å². The highest BCUT2D eigenvalue weighted by Gasteiger charge is 2.32. The Hall–Kier alpha value is -3.01. The van der Waals surface area contributed by atoms with Crippen molar-refractivity contribution in [2.45, 2.75) is 38.5 Å². The van der Waals surface area contributed by atoms with Crippen molar-refractivity contribution in [1.82, 2.24) is 0 Å². The standard InChI is InChI=1S/C28H27F3O/c1-3-4-18-5-7-20(8-6-18)23-14-13-22(17-25(23)29)19-9-11-21(12-10-19)24-15-16-26(32-2)28(31)27(24)30/h3-4,7,9-18,27-28H,5-6,8H2,1-2H3/b4-3+. The van der Waals surface area contributed by atoms with Gasteiger partial charge in [-0.3, -0.25) is 0 Å². The molecule has 0 radical (unpaired) electrons. The zero-order valence-electron chi connectivity index (χ0n) is 18.3. The van der Waals surface area contributed by atoms with Gasteiger partial charge in [0.05, 0.1) is 7.11 Å². The number of hydrogen-bond acceptors (Lipinski definition) is 1. The van der Waals surface area contributed by atoms with Gasteiger partial charge in [-0.1, -0.05) is 60.7 Å². The summed E-state index contributed by atoms with van der Waals surface area (Å²) in [6.45, 7) is 2.03. The van der Waals surface area contributed by atoms with Crippen LogP contribution in [0.2, 0.25) is 0 Å². The van der Waals surface area contributed by atoms with E-state index in [2.05, 4.69) is 18.2 Å². The Labute approximate surface area is 187 Å². The van der Waals surface area contributed by atoms with Crippen molar-refractivity contribution in [3.63, 3.8) is 0 Å². The SMILES string of the molecule is C/C=C/C1CC=C(c2ccc(-c3ccc(C4=CC=C(OC)C(F)C4F)cc3)cc2F)CC1. The molecule has 0 aliphatic heterocycles. The van der Waals surface area contributed by atoms with Crippen LogP contribution in [0.4, 0.5) is 13.2 Å². The predicted molar refractivity (Wildman–Crippen MR) is 125 cm³/mol. The molecule has 32 heavy (non-hydrogen) atoms. The lowest BCUT2D eigenvalue weighted by molar-refractivity contribution is 0.152. The van der Waals surface area contributed by atoms with Crippen molar-refractivity contribution in [1.29, 1.82) is 0 Å². The van der Waals surface area contributed by atoms with Gasteiger partial charge in [-0.15, -0.1) is 0 Å². The first-order chi connectivity index (χ1) is 15.5. The molecule has 2 aromatic carbocycles. The van der Waals surface area contributed by atoms with Gasteiger partial charge in [0.15, 0.2) is 12.3 Å². The summed E-state index contributed by atoms with van der Waals surface area (Å²) in [6.07, 6.45) is 8.68. The summed E-state index contributed by atoms with van der Waals surface area (Å²) in [5.74, 6) is 0.287. The maximum Gasteiger partial charge on any atom is 0.192 e. The van der Waals surface area contributed by atoms with E-state index in [0.717, 1.165) is 36.0 Å². The van der Waals surface area contributed by atoms with Gasteiger partial charge < -0.3 is 4.74 Å². The van der Waals surface area contributed by atoms with Gasteiger partial charge in [-0.2, -0.15) is 0 Å². The fourth-order valence-electron chi connectivity index (χ4n) is 4.45. The van der Waals surface area contributed by atoms with Gasteiger partial charge in [0.25, 0.3) is 0 Å². The normalized spacial score (nSPS) is 23.5. The molecule has 0 N–H and O–H groups in total. The highest BCUT2D eigenvalue weighted by molar-refractivity contribution is 5.76. The van der Waals surface area contributed by atoms with Gasteiger partial charge >= 0.3 is 0 Å². The van der Waals surface area contributed by atoms with E-state index in [1.165, 1.54) is 13.2 Å². The fraction of sp³-hybridized carbons (Fsp3) is 0.286. The molecule has 0 bridgehead atoms. The number of alkyl halides is 2. The van der Waals surface area contributed by atoms with Crippen LogP contribution in [0.25, 0.3) is 22.3 Å². The van der Waals surface area contributed by atoms with Crippen molar-refractivity contribution < 1.29 is 17.9 Å². The lowest BCUT2D eigenvalue weighted by Gasteiger charge is -2.22. The molecule has 2 aliphatic rings. The third-order valence-electron chi connectivity index (χ3n) is 6.27. The zero-order chi connectivity index (χ0) is 22.7. The number of methoxy groups -OCH3 is 1. The Bertz CT molecular complexity index is 1090. The fourth-order valence-corrected chi connectivity index (χ4v) is 4.45. The molecule has 0 heterocycles. The van der Waals surface area contributed by atoms with Crippen molar-refractivity contribution in [3.05, 3.63) is 95.5 Å². The van der Waals surface area contributed by atoms with Crippen LogP contribution in [0.5, 0.6) is 0 Å². The van der Waals surface area contributed by atoms with E-state index < -0.39 is 12.3 Å². The maximum atomic E-state index is 14.9. The molecule has 1 nitrogen and oxygen atoms in total. The van der Waals surface area contributed by atoms with Crippen LogP contribution >= 0.6 is 0 Å². The summed E-state index contributed by atoms with van der Waals surface area (Å²) in [4.78, 5) is 0. The minimum absolute atomic E-state index is 0.0149. The van der Waals surface area contributed by atoms with E-state index in [1.54, 1.807) is 24.3 Å². The average Bonchev–Trinajstić information content (AvgIpc) is 2.82. The molecule has 2 aromatic rings. The molecule has 4 rings (SSSR count). The van der Waals surface area contributed by atoms with Crippen LogP contribution in [0.1, 0.15) is 37.3 Å². The van der Waals surface area contributed by atoms with Crippen LogP contribution in [0.15, 0.2) is 78.6 Å². The topological polar surface area (TPSA) is 9.23 Å². The van der Waals surface area contributed by atoms with Crippen molar-refractivity contribution in [2.75, 3.05) is 7.11 Å². The molecular weight excluding hydrogens is 409 g/mol. The Morgan fingerprint density at radius 1 is 0.938 bits per heavy atom. The van der Waals surface area contributed by atoms with Crippen LogP contribution in [0.3, 0.4) is 0 Å². The summed E-state index contributed by atoms with van der Waals surface area (Å²) < 4.78 is 48.5. The summed E-state index contributed by atoms with van der Waals surface area (Å²) in [6, 6.07) is 12.4. The van der Waals surface area contributed by atoms with E-state index in [1.807, 2.05) is 31.2 Å². The van der Waals surface area contributed by atoms with Crippen LogP contribution in [-0.2, 0) is 4.74 Å². The van der Waals surface area contributed by atoms with Crippen LogP contribution in [0, 0.1) is 11.7 Å². The first-order valence-electron chi connectivity index (χ1n) is 11.0. The van der Waals surface area contributed by atoms with Crippen molar-refractivity contribution >= 4 is 11.1 Å². The largest absolute Gasteiger partial charge is 0.498 e. The molecule has 166 valence electrons. The minimum atomic E-state index is -1.82. The molecular formula is C28H27F3O. The second kappa shape index (κ2) is 9.64. The molecule has 2 aliphatic carbocycles. The Balaban J connectivity index is 1.54. The first-order valence-corrected chi connectivity index (χ1v) is 11.0. The van der Waals surface area contributed by atoms with Gasteiger partial charge in [0.1, 0.15) is 11.6 Å². The molecule has 0 amide bonds. The number of rotatable bonds is 5. The average molecular weight is 437 g/mol. The number of benzene rings is 2. The highest BCUT2D eigenvalue weighted by atomic mass is 19.2. The highest BCUT2D eigenvalue weighted by Crippen LogP contribution is 2.35.